The second-order valence-electron chi connectivity index (χ2n) is 5.43. The zero-order valence-electron chi connectivity index (χ0n) is 15.0. The fourth-order valence-electron chi connectivity index (χ4n) is 2.39. The van der Waals surface area contributed by atoms with E-state index in [1.807, 2.05) is 0 Å². The number of hydrogen-bond acceptors (Lipinski definition) is 10. The van der Waals surface area contributed by atoms with Crippen LogP contribution < -0.4 is 10.6 Å². The first-order valence-corrected chi connectivity index (χ1v) is 11.9. The number of nitrogens with one attached hydrogen (secondary N) is 2. The molecular weight excluding hydrogens is 470 g/mol. The normalized spacial score (nSPS) is 19.5. The third-order valence-electron chi connectivity index (χ3n) is 3.55. The number of carbonyl (C=O) groups is 3. The molecule has 0 aromatic carbocycles. The van der Waals surface area contributed by atoms with Gasteiger partial charge in [0, 0.05) is 11.1 Å². The first kappa shape index (κ1) is 23.3. The van der Waals surface area contributed by atoms with E-state index in [0.29, 0.717) is 4.31 Å². The van der Waals surface area contributed by atoms with Crippen molar-refractivity contribution in [2.75, 3.05) is 30.3 Å². The molecule has 1 fully saturated rings. The van der Waals surface area contributed by atoms with Gasteiger partial charge in [-0.25, -0.2) is 9.29 Å². The SMILES string of the molecule is CON=C(C(=O)N[C@@H]1C(=O)N(S(=O)(=O)O)[C@@H]1CSC)c1csc(NC(=O)CCl)n1. The van der Waals surface area contributed by atoms with E-state index in [1.54, 1.807) is 6.26 Å². The quantitative estimate of drug-likeness (QED) is 0.138. The fraction of sp³-hybridized carbons (Fsp3) is 0.462. The molecule has 2 heterocycles. The van der Waals surface area contributed by atoms with Crippen molar-refractivity contribution < 1.29 is 32.2 Å². The van der Waals surface area contributed by atoms with Crippen LogP contribution in [0.5, 0.6) is 0 Å². The molecular formula is C13H16ClN5O7S3. The van der Waals surface area contributed by atoms with Crippen LogP contribution in [0, 0.1) is 0 Å². The van der Waals surface area contributed by atoms with E-state index < -0.39 is 40.1 Å². The van der Waals surface area contributed by atoms with Crippen LogP contribution in [0.4, 0.5) is 5.13 Å². The Morgan fingerprint density at radius 3 is 2.76 bits per heavy atom. The van der Waals surface area contributed by atoms with Crippen LogP contribution in [0.1, 0.15) is 5.69 Å². The van der Waals surface area contributed by atoms with Gasteiger partial charge < -0.3 is 15.5 Å². The molecule has 0 spiro atoms. The lowest BCUT2D eigenvalue weighted by Crippen LogP contribution is -2.73. The maximum absolute atomic E-state index is 12.6. The van der Waals surface area contributed by atoms with Gasteiger partial charge in [-0.2, -0.15) is 20.2 Å². The second kappa shape index (κ2) is 9.71. The topological polar surface area (TPSA) is 167 Å². The minimum absolute atomic E-state index is 0.0547. The number of thiazole rings is 1. The molecule has 1 aliphatic rings. The summed E-state index contributed by atoms with van der Waals surface area (Å²) in [6.45, 7) is 0. The van der Waals surface area contributed by atoms with Crippen molar-refractivity contribution in [1.82, 2.24) is 14.6 Å². The van der Waals surface area contributed by atoms with Gasteiger partial charge in [-0.15, -0.1) is 22.9 Å². The number of anilines is 1. The number of β-lactam (4-membered cyclic amide) rings is 1. The van der Waals surface area contributed by atoms with Gasteiger partial charge in [0.1, 0.15) is 24.7 Å². The first-order valence-electron chi connectivity index (χ1n) is 7.67. The number of hydrogen-bond donors (Lipinski definition) is 3. The molecule has 0 radical (unpaired) electrons. The maximum Gasteiger partial charge on any atom is 0.362 e. The number of carbonyl (C=O) groups excluding carboxylic acids is 3. The number of thioether (sulfide) groups is 1. The monoisotopic (exact) mass is 485 g/mol. The van der Waals surface area contributed by atoms with E-state index in [-0.39, 0.29) is 28.2 Å². The number of amides is 3. The zero-order valence-corrected chi connectivity index (χ0v) is 18.2. The molecule has 0 unspecified atom stereocenters. The van der Waals surface area contributed by atoms with Crippen molar-refractivity contribution in [3.05, 3.63) is 11.1 Å². The third kappa shape index (κ3) is 5.36. The summed E-state index contributed by atoms with van der Waals surface area (Å²) in [4.78, 5) is 44.8. The molecule has 0 bridgehead atoms. The standard InChI is InChI=1S/C13H16ClN5O7S3/c1-26-18-9(6-4-28-13(15-6)16-8(20)3-14)11(21)17-10-7(5-27-2)19(12(10)22)29(23,24)25/h4,7,10H,3,5H2,1-2H3,(H,17,21)(H,15,16,20)(H,23,24,25)/t7-,10+/m1/s1. The van der Waals surface area contributed by atoms with Crippen molar-refractivity contribution in [1.29, 1.82) is 0 Å². The molecule has 2 rings (SSSR count). The molecule has 0 aliphatic carbocycles. The summed E-state index contributed by atoms with van der Waals surface area (Å²) in [5, 5.41) is 9.97. The Morgan fingerprint density at radius 1 is 1.52 bits per heavy atom. The van der Waals surface area contributed by atoms with Gasteiger partial charge in [-0.3, -0.25) is 18.9 Å². The highest BCUT2D eigenvalue weighted by atomic mass is 35.5. The molecule has 29 heavy (non-hydrogen) atoms. The van der Waals surface area contributed by atoms with Crippen LogP contribution in [-0.4, -0.2) is 82.8 Å². The molecule has 2 atom stereocenters. The van der Waals surface area contributed by atoms with Crippen molar-refractivity contribution in [3.8, 4) is 0 Å². The molecule has 1 aromatic rings. The van der Waals surface area contributed by atoms with Gasteiger partial charge in [-0.05, 0) is 6.26 Å². The summed E-state index contributed by atoms with van der Waals surface area (Å²) in [6, 6.07) is -2.15. The van der Waals surface area contributed by atoms with Gasteiger partial charge in [0.15, 0.2) is 10.8 Å². The Bertz CT molecular complexity index is 935. The molecule has 3 N–H and O–H groups in total. The minimum Gasteiger partial charge on any atom is -0.398 e. The van der Waals surface area contributed by atoms with E-state index in [9.17, 15) is 27.4 Å². The van der Waals surface area contributed by atoms with E-state index >= 15 is 0 Å². The van der Waals surface area contributed by atoms with E-state index in [1.165, 1.54) is 24.3 Å². The van der Waals surface area contributed by atoms with Gasteiger partial charge in [0.25, 0.3) is 11.8 Å². The summed E-state index contributed by atoms with van der Waals surface area (Å²) in [5.41, 5.74) is -0.241. The number of aromatic nitrogens is 1. The molecule has 16 heteroatoms. The summed E-state index contributed by atoms with van der Waals surface area (Å²) in [6.07, 6.45) is 1.67. The Balaban J connectivity index is 2.19. The lowest BCUT2D eigenvalue weighted by Gasteiger charge is -2.43. The number of nitrogens with zero attached hydrogens (tertiary/aromatic N) is 3. The number of alkyl halides is 1. The first-order chi connectivity index (χ1) is 13.6. The van der Waals surface area contributed by atoms with Crippen molar-refractivity contribution >= 4 is 73.6 Å². The summed E-state index contributed by atoms with van der Waals surface area (Å²) in [7, 11) is -3.55. The third-order valence-corrected chi connectivity index (χ3v) is 6.18. The van der Waals surface area contributed by atoms with Crippen LogP contribution in [0.2, 0.25) is 0 Å². The van der Waals surface area contributed by atoms with Crippen LogP contribution in [-0.2, 0) is 29.5 Å². The molecule has 160 valence electrons. The Morgan fingerprint density at radius 2 is 2.21 bits per heavy atom. The second-order valence-corrected chi connectivity index (χ2v) is 8.75. The Labute approximate surface area is 178 Å². The maximum atomic E-state index is 12.6. The lowest BCUT2D eigenvalue weighted by atomic mass is 10.0. The molecule has 0 saturated carbocycles. The molecule has 1 aliphatic heterocycles. The average Bonchev–Trinajstić information content (AvgIpc) is 3.10. The predicted molar refractivity (Wildman–Crippen MR) is 108 cm³/mol. The molecule has 12 nitrogen and oxygen atoms in total. The van der Waals surface area contributed by atoms with E-state index in [0.717, 1.165) is 11.3 Å². The lowest BCUT2D eigenvalue weighted by molar-refractivity contribution is -0.143. The van der Waals surface area contributed by atoms with Gasteiger partial charge >= 0.3 is 10.3 Å². The minimum atomic E-state index is -4.75. The summed E-state index contributed by atoms with van der Waals surface area (Å²) >= 11 is 7.64. The largest absolute Gasteiger partial charge is 0.398 e. The Hall–Kier alpha value is -1.94. The van der Waals surface area contributed by atoms with Crippen molar-refractivity contribution in [2.45, 2.75) is 12.1 Å². The van der Waals surface area contributed by atoms with Crippen LogP contribution in [0.25, 0.3) is 0 Å². The van der Waals surface area contributed by atoms with Gasteiger partial charge in [0.05, 0.1) is 6.04 Å². The van der Waals surface area contributed by atoms with E-state index in [2.05, 4.69) is 25.6 Å². The van der Waals surface area contributed by atoms with E-state index in [4.69, 9.17) is 11.6 Å². The Kier molecular flexibility index (Phi) is 7.81. The summed E-state index contributed by atoms with van der Waals surface area (Å²) in [5.74, 6) is -2.46. The van der Waals surface area contributed by atoms with Crippen LogP contribution >= 0.6 is 34.7 Å². The average molecular weight is 486 g/mol. The van der Waals surface area contributed by atoms with Crippen LogP contribution in [0.3, 0.4) is 0 Å². The number of oxime groups is 1. The molecule has 3 amide bonds. The molecule has 1 saturated heterocycles. The van der Waals surface area contributed by atoms with Crippen LogP contribution in [0.15, 0.2) is 10.5 Å². The number of rotatable bonds is 9. The zero-order chi connectivity index (χ0) is 21.8. The fourth-order valence-corrected chi connectivity index (χ4v) is 4.83. The smallest absolute Gasteiger partial charge is 0.362 e. The van der Waals surface area contributed by atoms with Crippen molar-refractivity contribution in [3.63, 3.8) is 0 Å². The highest BCUT2D eigenvalue weighted by Gasteiger charge is 2.53. The molecule has 1 aromatic heterocycles. The number of halogens is 1. The predicted octanol–water partition coefficient (Wildman–Crippen LogP) is -0.468. The highest BCUT2D eigenvalue weighted by molar-refractivity contribution is 7.98. The van der Waals surface area contributed by atoms with Gasteiger partial charge in [-0.1, -0.05) is 5.16 Å². The summed E-state index contributed by atoms with van der Waals surface area (Å²) < 4.78 is 32.2. The van der Waals surface area contributed by atoms with Gasteiger partial charge in [0.2, 0.25) is 5.91 Å². The highest BCUT2D eigenvalue weighted by Crippen LogP contribution is 2.26. The van der Waals surface area contributed by atoms with Crippen molar-refractivity contribution in [2.24, 2.45) is 5.16 Å².